The molecule has 0 radical (unpaired) electrons. The Hall–Kier alpha value is -3.04. The van der Waals surface area contributed by atoms with Gasteiger partial charge in [-0.25, -0.2) is 9.13 Å². The number of phosphoric ester groups is 2. The van der Waals surface area contributed by atoms with Gasteiger partial charge in [-0.05, 0) is 13.8 Å². The third kappa shape index (κ3) is 31.1. The van der Waals surface area contributed by atoms with E-state index >= 15 is 0 Å². The van der Waals surface area contributed by atoms with Crippen LogP contribution in [0.15, 0.2) is 0 Å². The van der Waals surface area contributed by atoms with Crippen LogP contribution in [0.2, 0.25) is 0 Å². The highest BCUT2D eigenvalue weighted by molar-refractivity contribution is 7.47. The minimum atomic E-state index is -4.61. The molecule has 24 heteroatoms. The molecule has 308 valence electrons. The maximum Gasteiger partial charge on any atom is 0.472 e. The fourth-order valence-corrected chi connectivity index (χ4v) is 5.42. The number of rotatable bonds is 30. The first-order chi connectivity index (χ1) is 24.7. The van der Waals surface area contributed by atoms with Crippen LogP contribution in [0.25, 0.3) is 0 Å². The van der Waals surface area contributed by atoms with Crippen molar-refractivity contribution in [3.63, 3.8) is 0 Å². The van der Waals surface area contributed by atoms with Crippen molar-refractivity contribution < 1.29 is 84.7 Å². The zero-order valence-electron chi connectivity index (χ0n) is 30.8. The van der Waals surface area contributed by atoms with Crippen LogP contribution in [0.1, 0.15) is 60.8 Å². The number of carbonyl (C=O) groups excluding carboxylic acids is 6. The Kier molecular flexibility index (Phi) is 25.9. The predicted octanol–water partition coefficient (Wildman–Crippen LogP) is -0.398. The predicted molar refractivity (Wildman–Crippen MR) is 183 cm³/mol. The summed E-state index contributed by atoms with van der Waals surface area (Å²) in [6, 6.07) is -1.62. The molecule has 0 rings (SSSR count). The first-order valence-corrected chi connectivity index (χ1v) is 19.5. The molecule has 6 N–H and O–H groups in total. The lowest BCUT2D eigenvalue weighted by Gasteiger charge is -2.20. The van der Waals surface area contributed by atoms with Crippen molar-refractivity contribution >= 4 is 51.2 Å². The molecule has 0 spiro atoms. The molecular weight excluding hydrogens is 754 g/mol. The zero-order chi connectivity index (χ0) is 40.5. The summed E-state index contributed by atoms with van der Waals surface area (Å²) in [6.45, 7) is 6.18. The molecule has 0 bridgehead atoms. The second-order valence-corrected chi connectivity index (χ2v) is 14.3. The van der Waals surface area contributed by atoms with Crippen molar-refractivity contribution in [3.8, 4) is 0 Å². The Morgan fingerprint density at radius 3 is 1.25 bits per heavy atom. The SMILES string of the molecule is CC(=O)N[C@H](COCC[C@@H](C)OC(C)=O)COP(=O)(O)OCCNC(=O)CC(=O)NCCOP(=O)(O)OC[C@@H](COCC[C@@H](C)OC(C)=O)NC(C)=O. The van der Waals surface area contributed by atoms with Crippen molar-refractivity contribution in [3.05, 3.63) is 0 Å². The number of amides is 4. The van der Waals surface area contributed by atoms with Crippen molar-refractivity contribution in [2.24, 2.45) is 0 Å². The molecule has 0 aliphatic carbocycles. The average molecular weight is 809 g/mol. The van der Waals surface area contributed by atoms with Crippen LogP contribution in [0.3, 0.4) is 0 Å². The van der Waals surface area contributed by atoms with Crippen molar-refractivity contribution in [1.29, 1.82) is 0 Å². The highest BCUT2D eigenvalue weighted by Crippen LogP contribution is 2.43. The number of nitrogens with one attached hydrogen (secondary N) is 4. The molecule has 4 amide bonds. The number of carbonyl (C=O) groups is 6. The van der Waals surface area contributed by atoms with E-state index in [9.17, 15) is 47.7 Å². The Bertz CT molecular complexity index is 1170. The van der Waals surface area contributed by atoms with Crippen molar-refractivity contribution in [1.82, 2.24) is 21.3 Å². The Balaban J connectivity index is 4.37. The van der Waals surface area contributed by atoms with Gasteiger partial charge in [0.25, 0.3) is 0 Å². The molecule has 53 heavy (non-hydrogen) atoms. The van der Waals surface area contributed by atoms with E-state index in [2.05, 4.69) is 21.3 Å². The van der Waals surface area contributed by atoms with Crippen molar-refractivity contribution in [2.45, 2.75) is 85.1 Å². The van der Waals surface area contributed by atoms with E-state index in [1.54, 1.807) is 13.8 Å². The van der Waals surface area contributed by atoms with E-state index in [-0.39, 0.29) is 39.5 Å². The van der Waals surface area contributed by atoms with Crippen LogP contribution in [0.5, 0.6) is 0 Å². The largest absolute Gasteiger partial charge is 0.472 e. The first kappa shape index (κ1) is 50.0. The van der Waals surface area contributed by atoms with Crippen LogP contribution >= 0.6 is 15.6 Å². The molecule has 0 saturated heterocycles. The molecular formula is C29H54N4O18P2. The lowest BCUT2D eigenvalue weighted by molar-refractivity contribution is -0.147. The summed E-state index contributed by atoms with van der Waals surface area (Å²) in [4.78, 5) is 88.8. The normalized spacial score (nSPS) is 15.7. The van der Waals surface area contributed by atoms with E-state index in [0.29, 0.717) is 12.8 Å². The van der Waals surface area contributed by atoms with Crippen LogP contribution < -0.4 is 21.3 Å². The quantitative estimate of drug-likeness (QED) is 0.0233. The summed E-state index contributed by atoms with van der Waals surface area (Å²) < 4.78 is 64.7. The molecule has 0 aromatic carbocycles. The molecule has 0 heterocycles. The molecule has 0 aromatic rings. The van der Waals surface area contributed by atoms with Crippen LogP contribution in [0.4, 0.5) is 0 Å². The van der Waals surface area contributed by atoms with Gasteiger partial charge in [0.2, 0.25) is 23.6 Å². The fraction of sp³-hybridized carbons (Fsp3) is 0.793. The van der Waals surface area contributed by atoms with Crippen LogP contribution in [-0.4, -0.2) is 136 Å². The number of ether oxygens (including phenoxy) is 4. The van der Waals surface area contributed by atoms with E-state index in [4.69, 9.17) is 37.0 Å². The molecule has 2 unspecified atom stereocenters. The Labute approximate surface area is 308 Å². The van der Waals surface area contributed by atoms with Gasteiger partial charge in [0, 0.05) is 53.6 Å². The lowest BCUT2D eigenvalue weighted by Crippen LogP contribution is -2.40. The highest BCUT2D eigenvalue weighted by Gasteiger charge is 2.25. The molecule has 6 atom stereocenters. The van der Waals surface area contributed by atoms with E-state index in [1.807, 2.05) is 0 Å². The summed E-state index contributed by atoms with van der Waals surface area (Å²) in [6.07, 6.45) is -0.681. The molecule has 0 aromatic heterocycles. The minimum Gasteiger partial charge on any atom is -0.463 e. The monoisotopic (exact) mass is 808 g/mol. The highest BCUT2D eigenvalue weighted by atomic mass is 31.2. The molecule has 0 fully saturated rings. The average Bonchev–Trinajstić information content (AvgIpc) is 3.02. The molecule has 0 aliphatic heterocycles. The summed E-state index contributed by atoms with van der Waals surface area (Å²) in [5.41, 5.74) is 0. The summed E-state index contributed by atoms with van der Waals surface area (Å²) in [7, 11) is -9.22. The van der Waals surface area contributed by atoms with Gasteiger partial charge in [-0.3, -0.25) is 46.9 Å². The van der Waals surface area contributed by atoms with E-state index in [1.165, 1.54) is 27.7 Å². The van der Waals surface area contributed by atoms with E-state index in [0.717, 1.165) is 0 Å². The van der Waals surface area contributed by atoms with Gasteiger partial charge >= 0.3 is 27.6 Å². The number of hydrogen-bond acceptors (Lipinski definition) is 16. The number of hydrogen-bond donors (Lipinski definition) is 6. The second-order valence-electron chi connectivity index (χ2n) is 11.4. The molecule has 0 saturated carbocycles. The third-order valence-electron chi connectivity index (χ3n) is 6.08. The van der Waals surface area contributed by atoms with Gasteiger partial charge in [0.15, 0.2) is 0 Å². The second kappa shape index (κ2) is 27.5. The summed E-state index contributed by atoms with van der Waals surface area (Å²) in [5.74, 6) is -3.30. The number of phosphoric acid groups is 2. The molecule has 0 aliphatic rings. The fourth-order valence-electron chi connectivity index (χ4n) is 3.89. The summed E-state index contributed by atoms with van der Waals surface area (Å²) >= 11 is 0. The van der Waals surface area contributed by atoms with Crippen molar-refractivity contribution in [2.75, 3.05) is 65.9 Å². The smallest absolute Gasteiger partial charge is 0.463 e. The van der Waals surface area contributed by atoms with Crippen LogP contribution in [-0.2, 0) is 74.9 Å². The van der Waals surface area contributed by atoms with Gasteiger partial charge < -0.3 is 50.0 Å². The maximum absolute atomic E-state index is 12.2. The van der Waals surface area contributed by atoms with Gasteiger partial charge in [0.1, 0.15) is 18.6 Å². The van der Waals surface area contributed by atoms with Crippen LogP contribution in [0, 0.1) is 0 Å². The molecule has 22 nitrogen and oxygen atoms in total. The number of esters is 2. The maximum atomic E-state index is 12.2. The van der Waals surface area contributed by atoms with E-state index < -0.39 is 108 Å². The van der Waals surface area contributed by atoms with Gasteiger partial charge in [-0.2, -0.15) is 0 Å². The first-order valence-electron chi connectivity index (χ1n) is 16.5. The van der Waals surface area contributed by atoms with Gasteiger partial charge in [-0.1, -0.05) is 0 Å². The third-order valence-corrected chi connectivity index (χ3v) is 8.05. The van der Waals surface area contributed by atoms with Gasteiger partial charge in [0.05, 0.1) is 64.9 Å². The standard InChI is InChI=1S/C29H54N4O18P2/c1-20(50-24(5)36)7-11-44-16-26(32-22(3)34)18-48-52(40,41)46-13-9-30-28(38)15-29(39)31-10-14-47-53(42,43)49-19-27(33-23(4)35)17-45-12-8-21(2)51-25(6)37/h20-21,26-27H,7-19H2,1-6H3,(H,30,38)(H,31,39)(H,32,34)(H,33,35)(H,40,41)(H,42,43)/t20-,21-,26-,27-/m1/s1. The topological polar surface area (TPSA) is 299 Å². The Morgan fingerprint density at radius 1 is 0.566 bits per heavy atom. The minimum absolute atomic E-state index is 0.0809. The Morgan fingerprint density at radius 2 is 0.925 bits per heavy atom. The zero-order valence-corrected chi connectivity index (χ0v) is 32.6. The van der Waals surface area contributed by atoms with Gasteiger partial charge in [-0.15, -0.1) is 0 Å². The summed E-state index contributed by atoms with van der Waals surface area (Å²) in [5, 5.41) is 9.61. The lowest BCUT2D eigenvalue weighted by atomic mass is 10.3.